The van der Waals surface area contributed by atoms with E-state index in [0.29, 0.717) is 19.4 Å². The number of benzene rings is 1. The smallest absolute Gasteiger partial charge is 0.220 e. The van der Waals surface area contributed by atoms with Crippen LogP contribution >= 0.6 is 0 Å². The zero-order chi connectivity index (χ0) is 13.4. The van der Waals surface area contributed by atoms with Crippen molar-refractivity contribution in [2.75, 3.05) is 6.54 Å². The summed E-state index contributed by atoms with van der Waals surface area (Å²) in [5.41, 5.74) is 2.49. The van der Waals surface area contributed by atoms with Crippen molar-refractivity contribution in [2.45, 2.75) is 45.6 Å². The Bertz CT molecular complexity index is 359. The number of aliphatic hydroxyl groups is 1. The highest BCUT2D eigenvalue weighted by Gasteiger charge is 2.05. The Morgan fingerprint density at radius 2 is 1.83 bits per heavy atom. The quantitative estimate of drug-likeness (QED) is 0.777. The minimum atomic E-state index is -0.433. The summed E-state index contributed by atoms with van der Waals surface area (Å²) in [4.78, 5) is 11.5. The number of nitrogens with one attached hydrogen (secondary N) is 1. The molecule has 3 nitrogen and oxygen atoms in total. The van der Waals surface area contributed by atoms with E-state index in [-0.39, 0.29) is 5.91 Å². The van der Waals surface area contributed by atoms with E-state index in [1.54, 1.807) is 0 Å². The minimum Gasteiger partial charge on any atom is -0.391 e. The van der Waals surface area contributed by atoms with Gasteiger partial charge in [-0.1, -0.05) is 38.1 Å². The lowest BCUT2D eigenvalue weighted by atomic mass is 10.1. The van der Waals surface area contributed by atoms with Gasteiger partial charge >= 0.3 is 0 Å². The molecular formula is C15H23NO2. The summed E-state index contributed by atoms with van der Waals surface area (Å²) in [5, 5.41) is 12.1. The summed E-state index contributed by atoms with van der Waals surface area (Å²) in [6.45, 7) is 4.37. The first-order valence-electron chi connectivity index (χ1n) is 6.68. The van der Waals surface area contributed by atoms with Crippen LogP contribution in [0, 0.1) is 0 Å². The molecule has 0 aliphatic carbocycles. The fourth-order valence-electron chi connectivity index (χ4n) is 1.66. The molecule has 0 radical (unpaired) electrons. The standard InChI is InChI=1S/C15H23NO2/c1-3-12-5-7-13(8-6-12)9-10-15(18)16-11-14(17)4-2/h5-8,14,17H,3-4,9-11H2,1-2H3,(H,16,18). The molecule has 1 rings (SSSR count). The fraction of sp³-hybridized carbons (Fsp3) is 0.533. The molecular weight excluding hydrogens is 226 g/mol. The number of carbonyl (C=O) groups excluding carboxylic acids is 1. The van der Waals surface area contributed by atoms with Crippen molar-refractivity contribution in [2.24, 2.45) is 0 Å². The lowest BCUT2D eigenvalue weighted by molar-refractivity contribution is -0.121. The first-order chi connectivity index (χ1) is 8.65. The normalized spacial score (nSPS) is 12.2. The lowest BCUT2D eigenvalue weighted by Gasteiger charge is -2.09. The molecule has 1 atom stereocenters. The lowest BCUT2D eigenvalue weighted by Crippen LogP contribution is -2.31. The number of hydrogen-bond donors (Lipinski definition) is 2. The Labute approximate surface area is 109 Å². The van der Waals surface area contributed by atoms with Crippen LogP contribution in [-0.4, -0.2) is 23.7 Å². The number of hydrogen-bond acceptors (Lipinski definition) is 2. The van der Waals surface area contributed by atoms with E-state index in [1.165, 1.54) is 11.1 Å². The van der Waals surface area contributed by atoms with Crippen molar-refractivity contribution in [3.8, 4) is 0 Å². The third-order valence-electron chi connectivity index (χ3n) is 3.08. The van der Waals surface area contributed by atoms with Crippen LogP contribution in [0.4, 0.5) is 0 Å². The molecule has 0 bridgehead atoms. The van der Waals surface area contributed by atoms with Gasteiger partial charge in [0.1, 0.15) is 0 Å². The van der Waals surface area contributed by atoms with Crippen molar-refractivity contribution in [3.05, 3.63) is 35.4 Å². The summed E-state index contributed by atoms with van der Waals surface area (Å²) >= 11 is 0. The zero-order valence-electron chi connectivity index (χ0n) is 11.3. The SMILES string of the molecule is CCc1ccc(CCC(=O)NCC(O)CC)cc1. The van der Waals surface area contributed by atoms with E-state index in [0.717, 1.165) is 12.8 Å². The Kier molecular flexibility index (Phi) is 6.44. The minimum absolute atomic E-state index is 0.00191. The Morgan fingerprint density at radius 3 is 2.39 bits per heavy atom. The molecule has 0 saturated heterocycles. The van der Waals surface area contributed by atoms with E-state index in [2.05, 4.69) is 36.5 Å². The largest absolute Gasteiger partial charge is 0.391 e. The van der Waals surface area contributed by atoms with E-state index in [9.17, 15) is 9.90 Å². The van der Waals surface area contributed by atoms with Gasteiger partial charge in [-0.15, -0.1) is 0 Å². The highest BCUT2D eigenvalue weighted by molar-refractivity contribution is 5.76. The maximum atomic E-state index is 11.5. The van der Waals surface area contributed by atoms with Gasteiger partial charge in [0.15, 0.2) is 0 Å². The molecule has 0 heterocycles. The second kappa shape index (κ2) is 7.88. The summed E-state index contributed by atoms with van der Waals surface area (Å²) in [5.74, 6) is 0.00191. The number of amides is 1. The molecule has 1 amide bonds. The van der Waals surface area contributed by atoms with Crippen molar-refractivity contribution < 1.29 is 9.90 Å². The van der Waals surface area contributed by atoms with Gasteiger partial charge in [-0.25, -0.2) is 0 Å². The molecule has 3 heteroatoms. The fourth-order valence-corrected chi connectivity index (χ4v) is 1.66. The summed E-state index contributed by atoms with van der Waals surface area (Å²) in [7, 11) is 0. The second-order valence-electron chi connectivity index (χ2n) is 4.54. The molecule has 0 spiro atoms. The number of aryl methyl sites for hydroxylation is 2. The maximum Gasteiger partial charge on any atom is 0.220 e. The van der Waals surface area contributed by atoms with E-state index < -0.39 is 6.10 Å². The third-order valence-corrected chi connectivity index (χ3v) is 3.08. The van der Waals surface area contributed by atoms with Gasteiger partial charge in [-0.3, -0.25) is 4.79 Å². The molecule has 0 aromatic heterocycles. The van der Waals surface area contributed by atoms with Crippen LogP contribution in [0.15, 0.2) is 24.3 Å². The monoisotopic (exact) mass is 249 g/mol. The van der Waals surface area contributed by atoms with Gasteiger partial charge in [0.05, 0.1) is 6.10 Å². The van der Waals surface area contributed by atoms with Crippen molar-refractivity contribution in [1.29, 1.82) is 0 Å². The van der Waals surface area contributed by atoms with E-state index in [4.69, 9.17) is 0 Å². The highest BCUT2D eigenvalue weighted by atomic mass is 16.3. The molecule has 1 aromatic rings. The molecule has 18 heavy (non-hydrogen) atoms. The average molecular weight is 249 g/mol. The summed E-state index contributed by atoms with van der Waals surface area (Å²) in [6.07, 6.45) is 2.49. The van der Waals surface area contributed by atoms with Gasteiger partial charge in [-0.2, -0.15) is 0 Å². The van der Waals surface area contributed by atoms with Gasteiger partial charge in [0, 0.05) is 13.0 Å². The number of aliphatic hydroxyl groups excluding tert-OH is 1. The molecule has 0 aliphatic heterocycles. The van der Waals surface area contributed by atoms with Gasteiger partial charge in [0.2, 0.25) is 5.91 Å². The van der Waals surface area contributed by atoms with Crippen LogP contribution < -0.4 is 5.32 Å². The van der Waals surface area contributed by atoms with Crippen LogP contribution in [0.25, 0.3) is 0 Å². The summed E-state index contributed by atoms with van der Waals surface area (Å²) < 4.78 is 0. The van der Waals surface area contributed by atoms with E-state index >= 15 is 0 Å². The second-order valence-corrected chi connectivity index (χ2v) is 4.54. The van der Waals surface area contributed by atoms with Crippen LogP contribution in [0.2, 0.25) is 0 Å². The van der Waals surface area contributed by atoms with Crippen molar-refractivity contribution in [1.82, 2.24) is 5.32 Å². The Morgan fingerprint density at radius 1 is 1.22 bits per heavy atom. The number of rotatable bonds is 7. The summed E-state index contributed by atoms with van der Waals surface area (Å²) in [6, 6.07) is 8.36. The molecule has 1 unspecified atom stereocenters. The zero-order valence-corrected chi connectivity index (χ0v) is 11.3. The third kappa shape index (κ3) is 5.32. The predicted molar refractivity (Wildman–Crippen MR) is 73.4 cm³/mol. The van der Waals surface area contributed by atoms with Crippen molar-refractivity contribution >= 4 is 5.91 Å². The Balaban J connectivity index is 2.29. The van der Waals surface area contributed by atoms with Crippen LogP contribution in [-0.2, 0) is 17.6 Å². The molecule has 0 saturated carbocycles. The van der Waals surface area contributed by atoms with Crippen LogP contribution in [0.3, 0.4) is 0 Å². The first kappa shape index (κ1) is 14.7. The van der Waals surface area contributed by atoms with E-state index in [1.807, 2.05) is 6.92 Å². The average Bonchev–Trinajstić information content (AvgIpc) is 2.42. The van der Waals surface area contributed by atoms with Gasteiger partial charge in [0.25, 0.3) is 0 Å². The van der Waals surface area contributed by atoms with Gasteiger partial charge in [-0.05, 0) is 30.4 Å². The Hall–Kier alpha value is -1.35. The molecule has 2 N–H and O–H groups in total. The van der Waals surface area contributed by atoms with Crippen LogP contribution in [0.5, 0.6) is 0 Å². The first-order valence-corrected chi connectivity index (χ1v) is 6.68. The highest BCUT2D eigenvalue weighted by Crippen LogP contribution is 2.07. The molecule has 0 fully saturated rings. The van der Waals surface area contributed by atoms with Crippen molar-refractivity contribution in [3.63, 3.8) is 0 Å². The topological polar surface area (TPSA) is 49.3 Å². The van der Waals surface area contributed by atoms with Crippen LogP contribution in [0.1, 0.15) is 37.8 Å². The molecule has 1 aromatic carbocycles. The number of carbonyl (C=O) groups is 1. The molecule has 100 valence electrons. The predicted octanol–water partition coefficient (Wildman–Crippen LogP) is 2.07. The van der Waals surface area contributed by atoms with Gasteiger partial charge < -0.3 is 10.4 Å². The maximum absolute atomic E-state index is 11.5. The molecule has 0 aliphatic rings.